The van der Waals surface area contributed by atoms with Gasteiger partial charge < -0.3 is 24.3 Å². The molecule has 0 saturated carbocycles. The number of carbonyl (C=O) groups is 1. The van der Waals surface area contributed by atoms with Crippen LogP contribution in [-0.2, 0) is 4.79 Å². The van der Waals surface area contributed by atoms with Gasteiger partial charge in [-0.15, -0.1) is 0 Å². The van der Waals surface area contributed by atoms with E-state index in [4.69, 9.17) is 54.4 Å². The molecule has 37 heavy (non-hydrogen) atoms. The summed E-state index contributed by atoms with van der Waals surface area (Å²) in [5.74, 6) is 2.02. The number of aromatic nitrogens is 1. The molecule has 0 aliphatic heterocycles. The minimum Gasteiger partial charge on any atom is -0.493 e. The van der Waals surface area contributed by atoms with Crippen LogP contribution in [0.15, 0.2) is 66.9 Å². The van der Waals surface area contributed by atoms with Crippen LogP contribution in [0, 0.1) is 0 Å². The maximum absolute atomic E-state index is 12.2. The number of nitrogens with zero attached hydrogens (tertiary/aromatic N) is 1. The summed E-state index contributed by atoms with van der Waals surface area (Å²) in [6.07, 6.45) is 1.63. The maximum Gasteiger partial charge on any atom is 0.264 e. The molecule has 0 spiro atoms. The van der Waals surface area contributed by atoms with Gasteiger partial charge in [-0.1, -0.05) is 35.3 Å². The third-order valence-corrected chi connectivity index (χ3v) is 5.88. The van der Waals surface area contributed by atoms with Gasteiger partial charge in [-0.3, -0.25) is 15.1 Å². The predicted molar refractivity (Wildman–Crippen MR) is 148 cm³/mol. The smallest absolute Gasteiger partial charge is 0.264 e. The number of amides is 1. The SMILES string of the molecule is COc1cc2nccc(Oc3ccc(NC(=S)NC(=O)COc4ccccc4Cl)cc3Cl)c2cc1OC. The minimum absolute atomic E-state index is 0.0821. The Hall–Kier alpha value is -3.79. The predicted octanol–water partition coefficient (Wildman–Crippen LogP) is 6.24. The highest BCUT2D eigenvalue weighted by molar-refractivity contribution is 7.80. The van der Waals surface area contributed by atoms with Crippen LogP contribution in [0.1, 0.15) is 0 Å². The van der Waals surface area contributed by atoms with E-state index in [0.29, 0.717) is 50.0 Å². The van der Waals surface area contributed by atoms with Gasteiger partial charge in [-0.25, -0.2) is 0 Å². The topological polar surface area (TPSA) is 90.9 Å². The van der Waals surface area contributed by atoms with Crippen LogP contribution in [-0.4, -0.2) is 36.8 Å². The van der Waals surface area contributed by atoms with E-state index in [2.05, 4.69) is 15.6 Å². The van der Waals surface area contributed by atoms with Crippen LogP contribution in [0.25, 0.3) is 10.9 Å². The summed E-state index contributed by atoms with van der Waals surface area (Å²) in [5.41, 5.74) is 1.23. The molecule has 0 aliphatic carbocycles. The average Bonchev–Trinajstić information content (AvgIpc) is 2.89. The summed E-state index contributed by atoms with van der Waals surface area (Å²) in [7, 11) is 3.12. The largest absolute Gasteiger partial charge is 0.493 e. The Balaban J connectivity index is 1.40. The van der Waals surface area contributed by atoms with Crippen molar-refractivity contribution < 1.29 is 23.7 Å². The number of halogens is 2. The highest BCUT2D eigenvalue weighted by Gasteiger charge is 2.13. The molecule has 0 aliphatic rings. The second-order valence-electron chi connectivity index (χ2n) is 7.50. The molecule has 0 saturated heterocycles. The summed E-state index contributed by atoms with van der Waals surface area (Å²) in [6, 6.07) is 17.2. The summed E-state index contributed by atoms with van der Waals surface area (Å²) < 4.78 is 22.2. The van der Waals surface area contributed by atoms with E-state index >= 15 is 0 Å². The molecule has 2 N–H and O–H groups in total. The molecule has 0 bridgehead atoms. The normalized spacial score (nSPS) is 10.5. The number of anilines is 1. The van der Waals surface area contributed by atoms with Crippen molar-refractivity contribution in [2.45, 2.75) is 0 Å². The van der Waals surface area contributed by atoms with Gasteiger partial charge in [0.15, 0.2) is 23.2 Å². The molecular weight excluding hydrogens is 537 g/mol. The molecule has 0 unspecified atom stereocenters. The lowest BCUT2D eigenvalue weighted by atomic mass is 10.2. The van der Waals surface area contributed by atoms with E-state index in [1.807, 2.05) is 0 Å². The first-order valence-corrected chi connectivity index (χ1v) is 12.0. The molecule has 3 aromatic carbocycles. The number of nitrogens with one attached hydrogen (secondary N) is 2. The van der Waals surface area contributed by atoms with E-state index < -0.39 is 5.91 Å². The summed E-state index contributed by atoms with van der Waals surface area (Å²) in [5, 5.41) is 6.99. The molecule has 4 rings (SSSR count). The second kappa shape index (κ2) is 12.0. The van der Waals surface area contributed by atoms with Crippen molar-refractivity contribution in [2.24, 2.45) is 0 Å². The van der Waals surface area contributed by atoms with E-state index in [9.17, 15) is 4.79 Å². The van der Waals surface area contributed by atoms with E-state index in [-0.39, 0.29) is 11.7 Å². The summed E-state index contributed by atoms with van der Waals surface area (Å²) >= 11 is 17.7. The van der Waals surface area contributed by atoms with Crippen molar-refractivity contribution in [1.29, 1.82) is 0 Å². The Bertz CT molecular complexity index is 1470. The van der Waals surface area contributed by atoms with Gasteiger partial charge in [-0.2, -0.15) is 0 Å². The first-order valence-electron chi connectivity index (χ1n) is 10.8. The van der Waals surface area contributed by atoms with Crippen LogP contribution in [0.5, 0.6) is 28.7 Å². The molecule has 190 valence electrons. The number of hydrogen-bond acceptors (Lipinski definition) is 7. The van der Waals surface area contributed by atoms with E-state index in [0.717, 1.165) is 5.39 Å². The number of carbonyl (C=O) groups excluding carboxylic acids is 1. The molecule has 1 heterocycles. The molecule has 0 radical (unpaired) electrons. The van der Waals surface area contributed by atoms with Crippen LogP contribution >= 0.6 is 35.4 Å². The fourth-order valence-electron chi connectivity index (χ4n) is 3.35. The van der Waals surface area contributed by atoms with Gasteiger partial charge >= 0.3 is 0 Å². The van der Waals surface area contributed by atoms with Gasteiger partial charge in [0.2, 0.25) is 0 Å². The molecule has 11 heteroatoms. The number of pyridine rings is 1. The Morgan fingerprint density at radius 3 is 2.38 bits per heavy atom. The van der Waals surface area contributed by atoms with Crippen LogP contribution < -0.4 is 29.6 Å². The van der Waals surface area contributed by atoms with Gasteiger partial charge in [-0.05, 0) is 54.7 Å². The molecule has 0 fully saturated rings. The maximum atomic E-state index is 12.2. The standard InChI is InChI=1S/C26H21Cl2N3O5S/c1-33-23-12-16-19(13-24(23)34-2)29-10-9-20(16)36-22-8-7-15(11-18(22)28)30-26(37)31-25(32)14-35-21-6-4-3-5-17(21)27/h3-13H,14H2,1-2H3,(H2,30,31,32,37). The highest BCUT2D eigenvalue weighted by Crippen LogP contribution is 2.38. The average molecular weight is 558 g/mol. The number of methoxy groups -OCH3 is 2. The Kier molecular flexibility index (Phi) is 8.50. The van der Waals surface area contributed by atoms with Crippen molar-refractivity contribution >= 4 is 63.0 Å². The quantitative estimate of drug-likeness (QED) is 0.246. The molecule has 4 aromatic rings. The summed E-state index contributed by atoms with van der Waals surface area (Å²) in [4.78, 5) is 16.5. The molecule has 8 nitrogen and oxygen atoms in total. The molecule has 0 atom stereocenters. The zero-order chi connectivity index (χ0) is 26.4. The fourth-order valence-corrected chi connectivity index (χ4v) is 3.99. The number of hydrogen-bond donors (Lipinski definition) is 2. The molecular formula is C26H21Cl2N3O5S. The Morgan fingerprint density at radius 2 is 1.65 bits per heavy atom. The van der Waals surface area contributed by atoms with Crippen LogP contribution in [0.3, 0.4) is 0 Å². The van der Waals surface area contributed by atoms with E-state index in [1.54, 1.807) is 81.1 Å². The number of fused-ring (bicyclic) bond motifs is 1. The number of rotatable bonds is 8. The third-order valence-electron chi connectivity index (χ3n) is 5.06. The lowest BCUT2D eigenvalue weighted by molar-refractivity contribution is -0.121. The highest BCUT2D eigenvalue weighted by atomic mass is 35.5. The first kappa shape index (κ1) is 26.3. The van der Waals surface area contributed by atoms with Gasteiger partial charge in [0, 0.05) is 23.3 Å². The lowest BCUT2D eigenvalue weighted by Crippen LogP contribution is -2.37. The van der Waals surface area contributed by atoms with Crippen molar-refractivity contribution in [3.63, 3.8) is 0 Å². The van der Waals surface area contributed by atoms with Crippen molar-refractivity contribution in [2.75, 3.05) is 26.1 Å². The zero-order valence-electron chi connectivity index (χ0n) is 19.7. The van der Waals surface area contributed by atoms with Crippen molar-refractivity contribution in [3.05, 3.63) is 76.9 Å². The third kappa shape index (κ3) is 6.51. The van der Waals surface area contributed by atoms with Crippen LogP contribution in [0.2, 0.25) is 10.0 Å². The monoisotopic (exact) mass is 557 g/mol. The molecule has 1 amide bonds. The van der Waals surface area contributed by atoms with Gasteiger partial charge in [0.05, 0.1) is 29.8 Å². The second-order valence-corrected chi connectivity index (χ2v) is 8.72. The van der Waals surface area contributed by atoms with E-state index in [1.165, 1.54) is 0 Å². The molecule has 1 aromatic heterocycles. The minimum atomic E-state index is -0.444. The van der Waals surface area contributed by atoms with Gasteiger partial charge in [0.25, 0.3) is 5.91 Å². The number of para-hydroxylation sites is 1. The first-order chi connectivity index (χ1) is 17.9. The van der Waals surface area contributed by atoms with Gasteiger partial charge in [0.1, 0.15) is 17.2 Å². The number of ether oxygens (including phenoxy) is 4. The van der Waals surface area contributed by atoms with Crippen molar-refractivity contribution in [3.8, 4) is 28.7 Å². The van der Waals surface area contributed by atoms with Crippen molar-refractivity contribution in [1.82, 2.24) is 10.3 Å². The fraction of sp³-hybridized carbons (Fsp3) is 0.115. The van der Waals surface area contributed by atoms with Crippen LogP contribution in [0.4, 0.5) is 5.69 Å². The number of benzene rings is 3. The number of thiocarbonyl (C=S) groups is 1. The Morgan fingerprint density at radius 1 is 0.892 bits per heavy atom. The Labute approximate surface area is 228 Å². The lowest BCUT2D eigenvalue weighted by Gasteiger charge is -2.14. The zero-order valence-corrected chi connectivity index (χ0v) is 22.0. The summed E-state index contributed by atoms with van der Waals surface area (Å²) in [6.45, 7) is -0.254.